The van der Waals surface area contributed by atoms with Gasteiger partial charge in [0.15, 0.2) is 0 Å². The highest BCUT2D eigenvalue weighted by Gasteiger charge is 2.37. The molecule has 0 aliphatic carbocycles. The zero-order valence-corrected chi connectivity index (χ0v) is 16.6. The molecule has 27 heavy (non-hydrogen) atoms. The maximum Gasteiger partial charge on any atom is 0.230 e. The van der Waals surface area contributed by atoms with Gasteiger partial charge in [0.2, 0.25) is 15.9 Å². The van der Waals surface area contributed by atoms with Gasteiger partial charge in [-0.05, 0) is 48.9 Å². The van der Waals surface area contributed by atoms with Gasteiger partial charge in [-0.25, -0.2) is 17.7 Å². The summed E-state index contributed by atoms with van der Waals surface area (Å²) in [5.41, 5.74) is 3.89. The minimum absolute atomic E-state index is 0.155. The standard InChI is InChI=1S/C19H19N3O3S2/c1-12-3-8-16-17(9-12)26-19(21-16)13-4-6-15(7-5-13)20-18(23)14-10-22(11-14)27(2,24)25/h3-9,14H,10-11H2,1-2H3,(H,20,23). The summed E-state index contributed by atoms with van der Waals surface area (Å²) in [5, 5.41) is 3.79. The molecule has 1 aliphatic heterocycles. The monoisotopic (exact) mass is 401 g/mol. The molecule has 0 bridgehead atoms. The number of nitrogens with zero attached hydrogens (tertiary/aromatic N) is 2. The van der Waals surface area contributed by atoms with Crippen LogP contribution in [0.4, 0.5) is 5.69 Å². The Kier molecular flexibility index (Phi) is 4.49. The number of carbonyl (C=O) groups is 1. The second-order valence-corrected chi connectivity index (χ2v) is 9.85. The molecule has 1 aliphatic rings. The smallest absolute Gasteiger partial charge is 0.230 e. The number of rotatable bonds is 4. The average Bonchev–Trinajstić information content (AvgIpc) is 2.95. The number of fused-ring (bicyclic) bond motifs is 1. The minimum Gasteiger partial charge on any atom is -0.326 e. The number of aromatic nitrogens is 1. The normalized spacial score (nSPS) is 15.6. The van der Waals surface area contributed by atoms with E-state index in [0.29, 0.717) is 5.69 Å². The molecule has 2 heterocycles. The Morgan fingerprint density at radius 2 is 1.89 bits per heavy atom. The van der Waals surface area contributed by atoms with Crippen molar-refractivity contribution in [2.45, 2.75) is 6.92 Å². The molecule has 0 atom stereocenters. The molecular formula is C19H19N3O3S2. The molecule has 1 N–H and O–H groups in total. The number of hydrogen-bond acceptors (Lipinski definition) is 5. The maximum atomic E-state index is 12.2. The van der Waals surface area contributed by atoms with Crippen LogP contribution in [0.1, 0.15) is 5.56 Å². The summed E-state index contributed by atoms with van der Waals surface area (Å²) in [6, 6.07) is 13.8. The molecule has 0 radical (unpaired) electrons. The van der Waals surface area contributed by atoms with Gasteiger partial charge in [0, 0.05) is 24.3 Å². The fraction of sp³-hybridized carbons (Fsp3) is 0.263. The van der Waals surface area contributed by atoms with E-state index < -0.39 is 10.0 Å². The van der Waals surface area contributed by atoms with Crippen molar-refractivity contribution in [3.63, 3.8) is 0 Å². The van der Waals surface area contributed by atoms with E-state index in [1.54, 1.807) is 11.3 Å². The van der Waals surface area contributed by atoms with Crippen LogP contribution in [0.3, 0.4) is 0 Å². The zero-order valence-electron chi connectivity index (χ0n) is 15.0. The van der Waals surface area contributed by atoms with Gasteiger partial charge in [0.05, 0.1) is 22.4 Å². The molecule has 140 valence electrons. The van der Waals surface area contributed by atoms with Crippen molar-refractivity contribution in [2.24, 2.45) is 5.92 Å². The molecule has 1 saturated heterocycles. The molecule has 0 spiro atoms. The van der Waals surface area contributed by atoms with Gasteiger partial charge in [-0.3, -0.25) is 4.79 Å². The number of hydrogen-bond donors (Lipinski definition) is 1. The number of nitrogens with one attached hydrogen (secondary N) is 1. The van der Waals surface area contributed by atoms with Crippen LogP contribution in [0.25, 0.3) is 20.8 Å². The van der Waals surface area contributed by atoms with Crippen LogP contribution in [0.2, 0.25) is 0 Å². The van der Waals surface area contributed by atoms with Crippen LogP contribution >= 0.6 is 11.3 Å². The molecule has 8 heteroatoms. The summed E-state index contributed by atoms with van der Waals surface area (Å²) in [7, 11) is -3.21. The first-order valence-electron chi connectivity index (χ1n) is 8.53. The predicted molar refractivity (Wildman–Crippen MR) is 108 cm³/mol. The number of anilines is 1. The zero-order chi connectivity index (χ0) is 19.2. The van der Waals surface area contributed by atoms with Gasteiger partial charge in [-0.1, -0.05) is 6.07 Å². The van der Waals surface area contributed by atoms with E-state index in [9.17, 15) is 13.2 Å². The first-order chi connectivity index (χ1) is 12.8. The quantitative estimate of drug-likeness (QED) is 0.729. The van der Waals surface area contributed by atoms with E-state index in [0.717, 1.165) is 27.0 Å². The molecule has 6 nitrogen and oxygen atoms in total. The lowest BCUT2D eigenvalue weighted by atomic mass is 10.0. The second kappa shape index (κ2) is 6.70. The fourth-order valence-electron chi connectivity index (χ4n) is 2.97. The van der Waals surface area contributed by atoms with Crippen molar-refractivity contribution in [3.05, 3.63) is 48.0 Å². The third-order valence-corrected chi connectivity index (χ3v) is 6.93. The summed E-state index contributed by atoms with van der Waals surface area (Å²) in [6.07, 6.45) is 1.16. The Morgan fingerprint density at radius 3 is 2.56 bits per heavy atom. The average molecular weight is 402 g/mol. The maximum absolute atomic E-state index is 12.2. The van der Waals surface area contributed by atoms with E-state index >= 15 is 0 Å². The summed E-state index contributed by atoms with van der Waals surface area (Å²) in [5.74, 6) is -0.454. The van der Waals surface area contributed by atoms with Crippen molar-refractivity contribution >= 4 is 43.2 Å². The van der Waals surface area contributed by atoms with Gasteiger partial charge >= 0.3 is 0 Å². The van der Waals surface area contributed by atoms with Crippen molar-refractivity contribution in [1.29, 1.82) is 0 Å². The van der Waals surface area contributed by atoms with Crippen LogP contribution in [0.15, 0.2) is 42.5 Å². The summed E-state index contributed by atoms with van der Waals surface area (Å²) < 4.78 is 25.2. The lowest BCUT2D eigenvalue weighted by Gasteiger charge is -2.35. The number of thiazole rings is 1. The lowest BCUT2D eigenvalue weighted by Crippen LogP contribution is -2.53. The molecule has 0 unspecified atom stereocenters. The topological polar surface area (TPSA) is 79.4 Å². The van der Waals surface area contributed by atoms with Gasteiger partial charge in [-0.2, -0.15) is 0 Å². The predicted octanol–water partition coefficient (Wildman–Crippen LogP) is 3.10. The Labute approximate surface area is 161 Å². The number of benzene rings is 2. The van der Waals surface area contributed by atoms with Crippen molar-refractivity contribution in [3.8, 4) is 10.6 Å². The van der Waals surface area contributed by atoms with E-state index in [1.807, 2.05) is 30.3 Å². The third kappa shape index (κ3) is 3.73. The molecule has 1 fully saturated rings. The number of sulfonamides is 1. The lowest BCUT2D eigenvalue weighted by molar-refractivity contribution is -0.122. The van der Waals surface area contributed by atoms with Crippen LogP contribution in [-0.2, 0) is 14.8 Å². The molecule has 1 aromatic heterocycles. The van der Waals surface area contributed by atoms with E-state index in [4.69, 9.17) is 0 Å². The van der Waals surface area contributed by atoms with Gasteiger partial charge < -0.3 is 5.32 Å². The highest BCUT2D eigenvalue weighted by atomic mass is 32.2. The summed E-state index contributed by atoms with van der Waals surface area (Å²) in [4.78, 5) is 16.9. The van der Waals surface area contributed by atoms with Crippen molar-refractivity contribution in [2.75, 3.05) is 24.7 Å². The minimum atomic E-state index is -3.21. The molecule has 1 amide bonds. The molecule has 3 aromatic rings. The van der Waals surface area contributed by atoms with E-state index in [1.165, 1.54) is 9.87 Å². The van der Waals surface area contributed by atoms with Gasteiger partial charge in [0.1, 0.15) is 5.01 Å². The van der Waals surface area contributed by atoms with Crippen LogP contribution in [-0.4, -0.2) is 43.0 Å². The fourth-order valence-corrected chi connectivity index (χ4v) is 4.94. The molecule has 2 aromatic carbocycles. The summed E-state index contributed by atoms with van der Waals surface area (Å²) in [6.45, 7) is 2.55. The molecular weight excluding hydrogens is 382 g/mol. The largest absolute Gasteiger partial charge is 0.326 e. The number of amides is 1. The van der Waals surface area contributed by atoms with Crippen molar-refractivity contribution in [1.82, 2.24) is 9.29 Å². The Morgan fingerprint density at radius 1 is 1.19 bits per heavy atom. The van der Waals surface area contributed by atoms with Crippen LogP contribution in [0, 0.1) is 12.8 Å². The molecule has 4 rings (SSSR count). The van der Waals surface area contributed by atoms with Crippen LogP contribution < -0.4 is 5.32 Å². The van der Waals surface area contributed by atoms with Crippen LogP contribution in [0.5, 0.6) is 0 Å². The first kappa shape index (κ1) is 18.1. The first-order valence-corrected chi connectivity index (χ1v) is 11.2. The Hall–Kier alpha value is -2.29. The number of carbonyl (C=O) groups excluding carboxylic acids is 1. The van der Waals surface area contributed by atoms with E-state index in [2.05, 4.69) is 29.4 Å². The van der Waals surface area contributed by atoms with Gasteiger partial charge in [-0.15, -0.1) is 11.3 Å². The second-order valence-electron chi connectivity index (χ2n) is 6.83. The van der Waals surface area contributed by atoms with Crippen molar-refractivity contribution < 1.29 is 13.2 Å². The highest BCUT2D eigenvalue weighted by Crippen LogP contribution is 2.31. The SMILES string of the molecule is Cc1ccc2nc(-c3ccc(NC(=O)C4CN(S(C)(=O)=O)C4)cc3)sc2c1. The Balaban J connectivity index is 1.43. The van der Waals surface area contributed by atoms with Gasteiger partial charge in [0.25, 0.3) is 0 Å². The molecule has 0 saturated carbocycles. The number of aryl methyl sites for hydroxylation is 1. The highest BCUT2D eigenvalue weighted by molar-refractivity contribution is 7.88. The van der Waals surface area contributed by atoms with E-state index in [-0.39, 0.29) is 24.9 Å². The Bertz CT molecular complexity index is 1110. The summed E-state index contributed by atoms with van der Waals surface area (Å²) >= 11 is 1.64. The third-order valence-electron chi connectivity index (χ3n) is 4.63.